The van der Waals surface area contributed by atoms with Crippen LogP contribution in [-0.4, -0.2) is 73.7 Å². The van der Waals surface area contributed by atoms with E-state index in [0.717, 1.165) is 10.9 Å². The number of amides is 2. The van der Waals surface area contributed by atoms with Crippen LogP contribution in [0.25, 0.3) is 10.9 Å². The number of aromatic nitrogens is 1. The average molecular weight is 502 g/mol. The zero-order valence-electron chi connectivity index (χ0n) is 18.3. The third kappa shape index (κ3) is 4.41. The topological polar surface area (TPSA) is 115 Å². The Bertz CT molecular complexity index is 1340. The van der Waals surface area contributed by atoms with Gasteiger partial charge in [0, 0.05) is 54.2 Å². The number of carbonyl (C=O) groups excluding carboxylic acids is 2. The van der Waals surface area contributed by atoms with Crippen LogP contribution in [0.4, 0.5) is 0 Å². The number of nitrogens with zero attached hydrogens (tertiary/aromatic N) is 2. The van der Waals surface area contributed by atoms with Crippen LogP contribution >= 0.6 is 11.6 Å². The number of hydrogen-bond donors (Lipinski definition) is 3. The molecule has 9 nitrogen and oxygen atoms in total. The van der Waals surface area contributed by atoms with Gasteiger partial charge in [-0.25, -0.2) is 8.42 Å². The lowest BCUT2D eigenvalue weighted by Crippen LogP contribution is -2.50. The highest BCUT2D eigenvalue weighted by Gasteiger charge is 2.31. The second-order valence-electron chi connectivity index (χ2n) is 8.42. The molecule has 3 aromatic rings. The molecule has 0 saturated carbocycles. The summed E-state index contributed by atoms with van der Waals surface area (Å²) in [6.45, 7) is 1.82. The minimum absolute atomic E-state index is 0.0104. The molecule has 0 spiro atoms. The first-order chi connectivity index (χ1) is 16.3. The lowest BCUT2D eigenvalue weighted by molar-refractivity contribution is -0.121. The van der Waals surface area contributed by atoms with E-state index in [1.165, 1.54) is 4.31 Å². The smallest absolute Gasteiger partial charge is 0.258 e. The molecule has 2 aliphatic heterocycles. The number of H-pyrrole nitrogens is 1. The van der Waals surface area contributed by atoms with Crippen molar-refractivity contribution in [3.63, 3.8) is 0 Å². The molecule has 1 unspecified atom stereocenters. The van der Waals surface area contributed by atoms with Gasteiger partial charge < -0.3 is 15.2 Å². The Morgan fingerprint density at radius 3 is 2.41 bits per heavy atom. The number of carbonyl (C=O) groups is 2. The SMILES string of the molecule is O=C1CNC(c2ccc(C(=O)N3CCN(S(=O)(=O)c4cc5cc(Cl)ccc5[nH]4)CC3)cc2)CN1. The van der Waals surface area contributed by atoms with E-state index in [0.29, 0.717) is 35.7 Å². The summed E-state index contributed by atoms with van der Waals surface area (Å²) in [7, 11) is -3.71. The van der Waals surface area contributed by atoms with Crippen LogP contribution in [0.3, 0.4) is 0 Å². The highest BCUT2D eigenvalue weighted by Crippen LogP contribution is 2.25. The van der Waals surface area contributed by atoms with Crippen molar-refractivity contribution in [1.29, 1.82) is 0 Å². The van der Waals surface area contributed by atoms with Crippen LogP contribution in [0.2, 0.25) is 5.02 Å². The summed E-state index contributed by atoms with van der Waals surface area (Å²) in [4.78, 5) is 28.9. The number of fused-ring (bicyclic) bond motifs is 1. The maximum atomic E-state index is 13.1. The molecular formula is C23H24ClN5O4S. The summed E-state index contributed by atoms with van der Waals surface area (Å²) >= 11 is 6.01. The van der Waals surface area contributed by atoms with Crippen molar-refractivity contribution in [2.75, 3.05) is 39.3 Å². The summed E-state index contributed by atoms with van der Waals surface area (Å²) in [5, 5.41) is 7.37. The molecule has 2 amide bonds. The Morgan fingerprint density at radius 2 is 1.74 bits per heavy atom. The maximum absolute atomic E-state index is 13.1. The lowest BCUT2D eigenvalue weighted by atomic mass is 10.0. The Labute approximate surface area is 202 Å². The van der Waals surface area contributed by atoms with Crippen LogP contribution in [0.1, 0.15) is 22.0 Å². The van der Waals surface area contributed by atoms with Gasteiger partial charge in [-0.3, -0.25) is 14.9 Å². The summed E-state index contributed by atoms with van der Waals surface area (Å²) in [5.41, 5.74) is 2.24. The predicted octanol–water partition coefficient (Wildman–Crippen LogP) is 1.73. The highest BCUT2D eigenvalue weighted by molar-refractivity contribution is 7.89. The number of halogens is 1. The quantitative estimate of drug-likeness (QED) is 0.503. The number of aromatic amines is 1. The second kappa shape index (κ2) is 9.03. The van der Waals surface area contributed by atoms with E-state index in [4.69, 9.17) is 11.6 Å². The van der Waals surface area contributed by atoms with Gasteiger partial charge in [0.1, 0.15) is 5.03 Å². The first-order valence-corrected chi connectivity index (χ1v) is 12.8. The second-order valence-corrected chi connectivity index (χ2v) is 10.8. The number of sulfonamides is 1. The summed E-state index contributed by atoms with van der Waals surface area (Å²) in [6, 6.07) is 14.1. The Kier molecular flexibility index (Phi) is 6.07. The van der Waals surface area contributed by atoms with Gasteiger partial charge in [0.15, 0.2) is 0 Å². The molecule has 2 aliphatic rings. The molecule has 3 heterocycles. The van der Waals surface area contributed by atoms with Gasteiger partial charge >= 0.3 is 0 Å². The fourth-order valence-corrected chi connectivity index (χ4v) is 5.95. The molecule has 11 heteroatoms. The van der Waals surface area contributed by atoms with E-state index in [9.17, 15) is 18.0 Å². The largest absolute Gasteiger partial charge is 0.353 e. The predicted molar refractivity (Wildman–Crippen MR) is 128 cm³/mol. The third-order valence-corrected chi connectivity index (χ3v) is 8.33. The normalized spacial score (nSPS) is 19.9. The van der Waals surface area contributed by atoms with Gasteiger partial charge in [0.05, 0.1) is 12.6 Å². The van der Waals surface area contributed by atoms with Gasteiger partial charge in [-0.1, -0.05) is 23.7 Å². The lowest BCUT2D eigenvalue weighted by Gasteiger charge is -2.33. The summed E-state index contributed by atoms with van der Waals surface area (Å²) in [6.07, 6.45) is 0. The standard InChI is InChI=1S/C23H24ClN5O4S/c24-18-5-6-19-17(11-18)12-22(27-19)34(32,33)29-9-7-28(8-10-29)23(31)16-3-1-15(2-4-16)20-13-26-21(30)14-25-20/h1-6,11-12,20,25,27H,7-10,13-14H2,(H,26,30). The van der Waals surface area contributed by atoms with Crippen LogP contribution in [-0.2, 0) is 14.8 Å². The molecule has 34 heavy (non-hydrogen) atoms. The van der Waals surface area contributed by atoms with E-state index < -0.39 is 10.0 Å². The van der Waals surface area contributed by atoms with Crippen molar-refractivity contribution in [2.45, 2.75) is 11.1 Å². The van der Waals surface area contributed by atoms with Crippen molar-refractivity contribution >= 4 is 44.3 Å². The number of nitrogens with one attached hydrogen (secondary N) is 3. The molecule has 2 fully saturated rings. The van der Waals surface area contributed by atoms with Gasteiger partial charge in [0.25, 0.3) is 15.9 Å². The molecule has 178 valence electrons. The highest BCUT2D eigenvalue weighted by atomic mass is 35.5. The molecule has 0 aliphatic carbocycles. The average Bonchev–Trinajstić information content (AvgIpc) is 3.28. The fourth-order valence-electron chi connectivity index (χ4n) is 4.33. The van der Waals surface area contributed by atoms with Crippen molar-refractivity contribution in [3.05, 3.63) is 64.7 Å². The van der Waals surface area contributed by atoms with E-state index in [-0.39, 0.29) is 42.5 Å². The van der Waals surface area contributed by atoms with Gasteiger partial charge in [-0.05, 0) is 42.0 Å². The van der Waals surface area contributed by atoms with Crippen LogP contribution in [0, 0.1) is 0 Å². The van der Waals surface area contributed by atoms with Crippen LogP contribution < -0.4 is 10.6 Å². The van der Waals surface area contributed by atoms with Gasteiger partial charge in [-0.15, -0.1) is 0 Å². The number of benzene rings is 2. The molecule has 2 saturated heterocycles. The fraction of sp³-hybridized carbons (Fsp3) is 0.304. The Balaban J connectivity index is 1.22. The summed E-state index contributed by atoms with van der Waals surface area (Å²) in [5.74, 6) is -0.160. The molecular weight excluding hydrogens is 478 g/mol. The molecule has 0 radical (unpaired) electrons. The van der Waals surface area contributed by atoms with Crippen LogP contribution in [0.5, 0.6) is 0 Å². The van der Waals surface area contributed by atoms with Gasteiger partial charge in [0.2, 0.25) is 5.91 Å². The van der Waals surface area contributed by atoms with Crippen molar-refractivity contribution in [3.8, 4) is 0 Å². The number of piperazine rings is 2. The van der Waals surface area contributed by atoms with Crippen LogP contribution in [0.15, 0.2) is 53.6 Å². The van der Waals surface area contributed by atoms with Gasteiger partial charge in [-0.2, -0.15) is 4.31 Å². The zero-order valence-corrected chi connectivity index (χ0v) is 19.8. The van der Waals surface area contributed by atoms with Crippen molar-refractivity contribution in [2.24, 2.45) is 0 Å². The van der Waals surface area contributed by atoms with Crippen molar-refractivity contribution in [1.82, 2.24) is 24.8 Å². The molecule has 5 rings (SSSR count). The summed E-state index contributed by atoms with van der Waals surface area (Å²) < 4.78 is 27.6. The third-order valence-electron chi connectivity index (χ3n) is 6.27. The molecule has 3 N–H and O–H groups in total. The van der Waals surface area contributed by atoms with E-state index in [2.05, 4.69) is 15.6 Å². The first kappa shape index (κ1) is 22.9. The zero-order chi connectivity index (χ0) is 23.9. The Hall–Kier alpha value is -2.92. The molecule has 1 atom stereocenters. The number of rotatable bonds is 4. The van der Waals surface area contributed by atoms with E-state index >= 15 is 0 Å². The molecule has 0 bridgehead atoms. The maximum Gasteiger partial charge on any atom is 0.258 e. The monoisotopic (exact) mass is 501 g/mol. The van der Waals surface area contributed by atoms with E-state index in [1.807, 2.05) is 12.1 Å². The van der Waals surface area contributed by atoms with E-state index in [1.54, 1.807) is 41.3 Å². The minimum Gasteiger partial charge on any atom is -0.353 e. The number of hydrogen-bond acceptors (Lipinski definition) is 5. The Morgan fingerprint density at radius 1 is 1.00 bits per heavy atom. The molecule has 1 aromatic heterocycles. The minimum atomic E-state index is -3.71. The molecule has 2 aromatic carbocycles. The van der Waals surface area contributed by atoms with Crippen molar-refractivity contribution < 1.29 is 18.0 Å². The first-order valence-electron chi connectivity index (χ1n) is 11.0.